The van der Waals surface area contributed by atoms with Gasteiger partial charge in [0, 0.05) is 18.7 Å². The molecule has 2 amide bonds. The number of fused-ring (bicyclic) bond motifs is 3. The van der Waals surface area contributed by atoms with Crippen LogP contribution in [0.3, 0.4) is 0 Å². The summed E-state index contributed by atoms with van der Waals surface area (Å²) >= 11 is 5.87. The molecule has 0 aromatic heterocycles. The number of nitrogens with one attached hydrogen (secondary N) is 2. The van der Waals surface area contributed by atoms with Gasteiger partial charge in [0.1, 0.15) is 5.82 Å². The largest absolute Gasteiger partial charge is 0.351 e. The first-order valence-corrected chi connectivity index (χ1v) is 9.63. The highest BCUT2D eigenvalue weighted by Crippen LogP contribution is 2.37. The van der Waals surface area contributed by atoms with E-state index in [0.717, 1.165) is 18.2 Å². The van der Waals surface area contributed by atoms with Gasteiger partial charge in [-0.15, -0.1) is 0 Å². The van der Waals surface area contributed by atoms with Crippen molar-refractivity contribution in [2.75, 3.05) is 11.9 Å². The molecular weight excluding hydrogens is 391 g/mol. The Labute approximate surface area is 172 Å². The van der Waals surface area contributed by atoms with Gasteiger partial charge in [-0.3, -0.25) is 9.59 Å². The summed E-state index contributed by atoms with van der Waals surface area (Å²) in [5, 5.41) is 5.52. The zero-order chi connectivity index (χ0) is 20.4. The van der Waals surface area contributed by atoms with Crippen LogP contribution in [0.1, 0.15) is 27.9 Å². The highest BCUT2D eigenvalue weighted by Gasteiger charge is 2.18. The van der Waals surface area contributed by atoms with Gasteiger partial charge in [0.25, 0.3) is 5.91 Å². The fourth-order valence-electron chi connectivity index (χ4n) is 3.50. The molecule has 2 N–H and O–H groups in total. The molecule has 0 spiro atoms. The van der Waals surface area contributed by atoms with Gasteiger partial charge in [-0.05, 0) is 59.0 Å². The minimum absolute atomic E-state index is 0.0334. The highest BCUT2D eigenvalue weighted by atomic mass is 35.5. The number of carbonyl (C=O) groups excluding carboxylic acids is 2. The fraction of sp³-hybridized carbons (Fsp3) is 0.130. The van der Waals surface area contributed by atoms with Gasteiger partial charge in [-0.25, -0.2) is 4.39 Å². The third kappa shape index (κ3) is 4.15. The van der Waals surface area contributed by atoms with Crippen LogP contribution in [-0.4, -0.2) is 18.4 Å². The topological polar surface area (TPSA) is 58.2 Å². The Morgan fingerprint density at radius 3 is 2.59 bits per heavy atom. The SMILES string of the molecule is O=C(CCNC(=O)c1ccc(F)cc1Cl)Nc1ccc2c(c1)Cc1ccccc1-2. The average Bonchev–Trinajstić information content (AvgIpc) is 3.05. The number of carbonyl (C=O) groups is 2. The van der Waals surface area contributed by atoms with Crippen LogP contribution >= 0.6 is 11.6 Å². The molecule has 0 atom stereocenters. The van der Waals surface area contributed by atoms with E-state index in [1.54, 1.807) is 0 Å². The molecule has 3 aromatic rings. The van der Waals surface area contributed by atoms with Crippen molar-refractivity contribution < 1.29 is 14.0 Å². The number of anilines is 1. The maximum atomic E-state index is 13.1. The number of benzene rings is 3. The quantitative estimate of drug-likeness (QED) is 0.498. The number of hydrogen-bond acceptors (Lipinski definition) is 2. The van der Waals surface area contributed by atoms with Gasteiger partial charge in [-0.1, -0.05) is 41.9 Å². The molecule has 3 aromatic carbocycles. The Bertz CT molecular complexity index is 1110. The van der Waals surface area contributed by atoms with Crippen LogP contribution in [0.15, 0.2) is 60.7 Å². The Hall–Kier alpha value is -3.18. The van der Waals surface area contributed by atoms with Gasteiger partial charge in [0.2, 0.25) is 5.91 Å². The molecule has 0 saturated carbocycles. The van der Waals surface area contributed by atoms with Crippen LogP contribution < -0.4 is 10.6 Å². The molecular formula is C23H18ClFN2O2. The molecule has 6 heteroatoms. The second-order valence-electron chi connectivity index (χ2n) is 6.88. The summed E-state index contributed by atoms with van der Waals surface area (Å²) < 4.78 is 13.1. The predicted octanol–water partition coefficient (Wildman–Crippen LogP) is 4.81. The molecule has 4 nitrogen and oxygen atoms in total. The van der Waals surface area contributed by atoms with Gasteiger partial charge >= 0.3 is 0 Å². The Kier molecular flexibility index (Phi) is 5.32. The summed E-state index contributed by atoms with van der Waals surface area (Å²) in [4.78, 5) is 24.3. The molecule has 0 unspecified atom stereocenters. The van der Waals surface area contributed by atoms with Crippen LogP contribution in [-0.2, 0) is 11.2 Å². The van der Waals surface area contributed by atoms with Crippen LogP contribution in [0.5, 0.6) is 0 Å². The van der Waals surface area contributed by atoms with Gasteiger partial charge in [0.05, 0.1) is 10.6 Å². The van der Waals surface area contributed by atoms with Crippen molar-refractivity contribution in [2.24, 2.45) is 0 Å². The molecule has 0 bridgehead atoms. The molecule has 0 saturated heterocycles. The molecule has 146 valence electrons. The van der Waals surface area contributed by atoms with E-state index >= 15 is 0 Å². The van der Waals surface area contributed by atoms with Gasteiger partial charge in [-0.2, -0.15) is 0 Å². The summed E-state index contributed by atoms with van der Waals surface area (Å²) in [5.41, 5.74) is 5.81. The summed E-state index contributed by atoms with van der Waals surface area (Å²) in [6.45, 7) is 0.148. The zero-order valence-electron chi connectivity index (χ0n) is 15.5. The number of rotatable bonds is 5. The van der Waals surface area contributed by atoms with E-state index in [4.69, 9.17) is 11.6 Å². The normalized spacial score (nSPS) is 11.5. The second-order valence-corrected chi connectivity index (χ2v) is 7.29. The van der Waals surface area contributed by atoms with E-state index in [-0.39, 0.29) is 29.5 Å². The predicted molar refractivity (Wildman–Crippen MR) is 112 cm³/mol. The molecule has 1 aliphatic carbocycles. The van der Waals surface area contributed by atoms with Crippen molar-refractivity contribution in [1.29, 1.82) is 0 Å². The lowest BCUT2D eigenvalue weighted by Gasteiger charge is -2.09. The first-order chi connectivity index (χ1) is 14.0. The molecule has 0 fully saturated rings. The van der Waals surface area contributed by atoms with Crippen molar-refractivity contribution in [3.05, 3.63) is 88.2 Å². The van der Waals surface area contributed by atoms with E-state index in [9.17, 15) is 14.0 Å². The lowest BCUT2D eigenvalue weighted by Crippen LogP contribution is -2.27. The maximum Gasteiger partial charge on any atom is 0.252 e. The van der Waals surface area contributed by atoms with Crippen molar-refractivity contribution in [2.45, 2.75) is 12.8 Å². The molecule has 0 radical (unpaired) electrons. The first kappa shape index (κ1) is 19.2. The van der Waals surface area contributed by atoms with Crippen LogP contribution in [0.25, 0.3) is 11.1 Å². The summed E-state index contributed by atoms with van der Waals surface area (Å²) in [7, 11) is 0. The van der Waals surface area contributed by atoms with Crippen molar-refractivity contribution >= 4 is 29.1 Å². The van der Waals surface area contributed by atoms with Crippen LogP contribution in [0.4, 0.5) is 10.1 Å². The van der Waals surface area contributed by atoms with Crippen LogP contribution in [0, 0.1) is 5.82 Å². The number of halogens is 2. The summed E-state index contributed by atoms with van der Waals surface area (Å²) in [6.07, 6.45) is 0.964. The van der Waals surface area contributed by atoms with Crippen molar-refractivity contribution in [3.63, 3.8) is 0 Å². The Balaban J connectivity index is 1.31. The van der Waals surface area contributed by atoms with Gasteiger partial charge < -0.3 is 10.6 Å². The minimum atomic E-state index is -0.511. The molecule has 4 rings (SSSR count). The molecule has 0 aliphatic heterocycles. The lowest BCUT2D eigenvalue weighted by molar-refractivity contribution is -0.116. The standard InChI is InChI=1S/C23H18ClFN2O2/c24-21-13-16(25)5-7-20(21)23(29)26-10-9-22(28)27-17-6-8-19-15(12-17)11-14-3-1-2-4-18(14)19/h1-8,12-13H,9-11H2,(H,26,29)(H,27,28). The Morgan fingerprint density at radius 2 is 1.76 bits per heavy atom. The van der Waals surface area contributed by atoms with Crippen LogP contribution in [0.2, 0.25) is 5.02 Å². The van der Waals surface area contributed by atoms with E-state index < -0.39 is 11.7 Å². The smallest absolute Gasteiger partial charge is 0.252 e. The minimum Gasteiger partial charge on any atom is -0.351 e. The first-order valence-electron chi connectivity index (χ1n) is 9.25. The molecule has 1 aliphatic rings. The number of hydrogen-bond donors (Lipinski definition) is 2. The molecule has 0 heterocycles. The van der Waals surface area contributed by atoms with E-state index in [1.165, 1.54) is 34.4 Å². The third-order valence-corrected chi connectivity index (χ3v) is 5.20. The van der Waals surface area contributed by atoms with Crippen molar-refractivity contribution in [1.82, 2.24) is 5.32 Å². The Morgan fingerprint density at radius 1 is 0.966 bits per heavy atom. The zero-order valence-corrected chi connectivity index (χ0v) is 16.2. The summed E-state index contributed by atoms with van der Waals surface area (Å²) in [5.74, 6) is -1.16. The number of amides is 2. The summed E-state index contributed by atoms with van der Waals surface area (Å²) in [6, 6.07) is 17.7. The third-order valence-electron chi connectivity index (χ3n) is 4.89. The van der Waals surface area contributed by atoms with Gasteiger partial charge in [0.15, 0.2) is 0 Å². The second kappa shape index (κ2) is 8.05. The van der Waals surface area contributed by atoms with E-state index in [2.05, 4.69) is 22.8 Å². The fourth-order valence-corrected chi connectivity index (χ4v) is 3.76. The highest BCUT2D eigenvalue weighted by molar-refractivity contribution is 6.33. The average molecular weight is 409 g/mol. The van der Waals surface area contributed by atoms with E-state index in [0.29, 0.717) is 0 Å². The van der Waals surface area contributed by atoms with E-state index in [1.807, 2.05) is 30.3 Å². The monoisotopic (exact) mass is 408 g/mol. The lowest BCUT2D eigenvalue weighted by atomic mass is 10.1. The maximum absolute atomic E-state index is 13.1. The van der Waals surface area contributed by atoms with Crippen molar-refractivity contribution in [3.8, 4) is 11.1 Å². The molecule has 29 heavy (non-hydrogen) atoms.